The summed E-state index contributed by atoms with van der Waals surface area (Å²) >= 11 is 13.0. The first kappa shape index (κ1) is 13.1. The van der Waals surface area contributed by atoms with Crippen LogP contribution in [0.2, 0.25) is 8.67 Å². The van der Waals surface area contributed by atoms with Gasteiger partial charge in [0.25, 0.3) is 5.91 Å². The Bertz CT molecular complexity index is 422. The summed E-state index contributed by atoms with van der Waals surface area (Å²) < 4.78 is 0.994. The molecule has 0 radical (unpaired) electrons. The smallest absolute Gasteiger partial charge is 0.253 e. The second-order valence-corrected chi connectivity index (χ2v) is 6.57. The third kappa shape index (κ3) is 3.35. The highest BCUT2D eigenvalue weighted by atomic mass is 35.5. The van der Waals surface area contributed by atoms with Gasteiger partial charge in [-0.15, -0.1) is 11.3 Å². The maximum absolute atomic E-state index is 12.0. The number of hydrogen-bond donors (Lipinski definition) is 2. The number of carbonyl (C=O) groups excluding carboxylic acids is 1. The van der Waals surface area contributed by atoms with Crippen molar-refractivity contribution in [2.24, 2.45) is 0 Å². The summed E-state index contributed by atoms with van der Waals surface area (Å²) in [5.41, 5.74) is 0.479. The fourth-order valence-electron chi connectivity index (χ4n) is 2.02. The Hall–Kier alpha value is -0.290. The molecule has 2 heterocycles. The van der Waals surface area contributed by atoms with Gasteiger partial charge in [0, 0.05) is 12.1 Å². The Labute approximate surface area is 114 Å². The highest BCUT2D eigenvalue weighted by Gasteiger charge is 2.22. The predicted octanol–water partition coefficient (Wildman–Crippen LogP) is 2.93. The molecule has 1 saturated heterocycles. The molecule has 2 unspecified atom stereocenters. The van der Waals surface area contributed by atoms with Crippen molar-refractivity contribution in [2.75, 3.05) is 6.54 Å². The molecule has 0 aromatic carbocycles. The molecule has 2 rings (SSSR count). The van der Waals surface area contributed by atoms with Crippen LogP contribution in [0.25, 0.3) is 0 Å². The number of amides is 1. The van der Waals surface area contributed by atoms with E-state index in [4.69, 9.17) is 23.2 Å². The molecular weight excluding hydrogens is 279 g/mol. The van der Waals surface area contributed by atoms with Gasteiger partial charge in [-0.3, -0.25) is 4.79 Å². The minimum atomic E-state index is -0.128. The summed E-state index contributed by atoms with van der Waals surface area (Å²) in [6.07, 6.45) is 1.90. The fraction of sp³-hybridized carbons (Fsp3) is 0.545. The molecule has 1 aromatic heterocycles. The molecule has 0 saturated carbocycles. The van der Waals surface area contributed by atoms with Crippen LogP contribution in [0.15, 0.2) is 6.07 Å². The van der Waals surface area contributed by atoms with Crippen LogP contribution in [0.3, 0.4) is 0 Å². The summed E-state index contributed by atoms with van der Waals surface area (Å²) in [4.78, 5) is 12.0. The molecular formula is C11H14Cl2N2OS. The van der Waals surface area contributed by atoms with Crippen molar-refractivity contribution >= 4 is 40.4 Å². The molecule has 0 aliphatic carbocycles. The van der Waals surface area contributed by atoms with Gasteiger partial charge in [-0.1, -0.05) is 23.2 Å². The summed E-state index contributed by atoms with van der Waals surface area (Å²) in [6.45, 7) is 3.05. The first-order valence-electron chi connectivity index (χ1n) is 5.55. The summed E-state index contributed by atoms with van der Waals surface area (Å²) in [7, 11) is 0. The average Bonchev–Trinajstić information content (AvgIpc) is 2.58. The lowest BCUT2D eigenvalue weighted by molar-refractivity contribution is 0.0926. The zero-order chi connectivity index (χ0) is 12.4. The van der Waals surface area contributed by atoms with Crippen molar-refractivity contribution in [2.45, 2.75) is 31.8 Å². The van der Waals surface area contributed by atoms with Crippen molar-refractivity contribution in [1.29, 1.82) is 0 Å². The Kier molecular flexibility index (Phi) is 4.31. The van der Waals surface area contributed by atoms with Crippen LogP contribution in [-0.2, 0) is 0 Å². The van der Waals surface area contributed by atoms with Gasteiger partial charge in [0.2, 0.25) is 0 Å². The van der Waals surface area contributed by atoms with Crippen LogP contribution < -0.4 is 10.6 Å². The second-order valence-electron chi connectivity index (χ2n) is 4.29. The van der Waals surface area contributed by atoms with E-state index < -0.39 is 0 Å². The molecule has 1 aliphatic rings. The number of carbonyl (C=O) groups is 1. The van der Waals surface area contributed by atoms with Crippen molar-refractivity contribution in [1.82, 2.24) is 10.6 Å². The van der Waals surface area contributed by atoms with Gasteiger partial charge < -0.3 is 10.6 Å². The molecule has 1 aromatic rings. The van der Waals surface area contributed by atoms with Gasteiger partial charge in [0.15, 0.2) is 0 Å². The van der Waals surface area contributed by atoms with E-state index in [0.29, 0.717) is 20.3 Å². The lowest BCUT2D eigenvalue weighted by Crippen LogP contribution is -2.46. The quantitative estimate of drug-likeness (QED) is 0.880. The predicted molar refractivity (Wildman–Crippen MR) is 72.3 cm³/mol. The molecule has 2 N–H and O–H groups in total. The van der Waals surface area contributed by atoms with E-state index in [0.717, 1.165) is 19.4 Å². The number of thiophene rings is 1. The van der Waals surface area contributed by atoms with Crippen LogP contribution in [0.5, 0.6) is 0 Å². The molecule has 0 bridgehead atoms. The topological polar surface area (TPSA) is 41.1 Å². The molecule has 1 fully saturated rings. The van der Waals surface area contributed by atoms with Gasteiger partial charge in [-0.05, 0) is 32.4 Å². The molecule has 1 amide bonds. The fourth-order valence-corrected chi connectivity index (χ4v) is 3.48. The second kappa shape index (κ2) is 5.57. The highest BCUT2D eigenvalue weighted by Crippen LogP contribution is 2.31. The molecule has 0 spiro atoms. The highest BCUT2D eigenvalue weighted by molar-refractivity contribution is 7.20. The van der Waals surface area contributed by atoms with E-state index in [1.165, 1.54) is 11.3 Å². The molecule has 94 valence electrons. The zero-order valence-corrected chi connectivity index (χ0v) is 11.8. The van der Waals surface area contributed by atoms with E-state index in [-0.39, 0.29) is 11.9 Å². The Morgan fingerprint density at radius 3 is 2.94 bits per heavy atom. The number of nitrogens with one attached hydrogen (secondary N) is 2. The molecule has 3 nitrogen and oxygen atoms in total. The van der Waals surface area contributed by atoms with Crippen LogP contribution in [0.4, 0.5) is 0 Å². The Morgan fingerprint density at radius 2 is 2.35 bits per heavy atom. The van der Waals surface area contributed by atoms with E-state index in [2.05, 4.69) is 17.6 Å². The van der Waals surface area contributed by atoms with Gasteiger partial charge in [0.05, 0.1) is 9.90 Å². The largest absolute Gasteiger partial charge is 0.349 e. The van der Waals surface area contributed by atoms with E-state index in [1.807, 2.05) is 0 Å². The number of piperidine rings is 1. The molecule has 6 heteroatoms. The standard InChI is InChI=1S/C11H14Cl2N2OS/c1-6-4-7(2-3-14-6)15-11(16)8-5-9(12)17-10(8)13/h5-7,14H,2-4H2,1H3,(H,15,16). The van der Waals surface area contributed by atoms with Gasteiger partial charge in [-0.25, -0.2) is 0 Å². The monoisotopic (exact) mass is 292 g/mol. The maximum Gasteiger partial charge on any atom is 0.253 e. The third-order valence-corrected chi connectivity index (χ3v) is 4.35. The van der Waals surface area contributed by atoms with Crippen LogP contribution in [0.1, 0.15) is 30.1 Å². The normalized spacial score (nSPS) is 24.6. The maximum atomic E-state index is 12.0. The molecule has 2 atom stereocenters. The van der Waals surface area contributed by atoms with Gasteiger partial charge in [0.1, 0.15) is 4.34 Å². The lowest BCUT2D eigenvalue weighted by atomic mass is 10.0. The third-order valence-electron chi connectivity index (χ3n) is 2.86. The van der Waals surface area contributed by atoms with Crippen molar-refractivity contribution < 1.29 is 4.79 Å². The minimum absolute atomic E-state index is 0.128. The zero-order valence-electron chi connectivity index (χ0n) is 9.43. The first-order valence-corrected chi connectivity index (χ1v) is 7.12. The van der Waals surface area contributed by atoms with Crippen molar-refractivity contribution in [3.8, 4) is 0 Å². The van der Waals surface area contributed by atoms with Crippen molar-refractivity contribution in [3.05, 3.63) is 20.3 Å². The van der Waals surface area contributed by atoms with Gasteiger partial charge in [-0.2, -0.15) is 0 Å². The van der Waals surface area contributed by atoms with Crippen LogP contribution >= 0.6 is 34.5 Å². The number of halogens is 2. The average molecular weight is 293 g/mol. The number of hydrogen-bond acceptors (Lipinski definition) is 3. The SMILES string of the molecule is CC1CC(NC(=O)c2cc(Cl)sc2Cl)CCN1. The Morgan fingerprint density at radius 1 is 1.59 bits per heavy atom. The summed E-state index contributed by atoms with van der Waals surface area (Å²) in [6, 6.07) is 2.28. The van der Waals surface area contributed by atoms with Gasteiger partial charge >= 0.3 is 0 Å². The molecule has 1 aliphatic heterocycles. The number of rotatable bonds is 2. The first-order chi connectivity index (χ1) is 8.06. The minimum Gasteiger partial charge on any atom is -0.349 e. The van der Waals surface area contributed by atoms with E-state index in [9.17, 15) is 4.79 Å². The lowest BCUT2D eigenvalue weighted by Gasteiger charge is -2.28. The van der Waals surface area contributed by atoms with E-state index >= 15 is 0 Å². The summed E-state index contributed by atoms with van der Waals surface area (Å²) in [5, 5.41) is 6.35. The van der Waals surface area contributed by atoms with Crippen LogP contribution in [0, 0.1) is 0 Å². The molecule has 17 heavy (non-hydrogen) atoms. The van der Waals surface area contributed by atoms with E-state index in [1.54, 1.807) is 6.07 Å². The Balaban J connectivity index is 1.99. The van der Waals surface area contributed by atoms with Crippen LogP contribution in [-0.4, -0.2) is 24.5 Å². The summed E-state index contributed by atoms with van der Waals surface area (Å²) in [5.74, 6) is -0.128. The van der Waals surface area contributed by atoms with Crippen molar-refractivity contribution in [3.63, 3.8) is 0 Å².